The molecule has 2 unspecified atom stereocenters. The highest BCUT2D eigenvalue weighted by Gasteiger charge is 2.36. The molecule has 0 aromatic heterocycles. The third-order valence-corrected chi connectivity index (χ3v) is 4.16. The second-order valence-corrected chi connectivity index (χ2v) is 5.90. The van der Waals surface area contributed by atoms with Gasteiger partial charge in [-0.25, -0.2) is 0 Å². The summed E-state index contributed by atoms with van der Waals surface area (Å²) >= 11 is 0. The lowest BCUT2D eigenvalue weighted by Gasteiger charge is -2.34. The Morgan fingerprint density at radius 3 is 2.70 bits per heavy atom. The van der Waals surface area contributed by atoms with Gasteiger partial charge in [-0.05, 0) is 18.8 Å². The molecule has 6 nitrogen and oxygen atoms in total. The Morgan fingerprint density at radius 2 is 2.10 bits per heavy atom. The van der Waals surface area contributed by atoms with Crippen molar-refractivity contribution in [3.05, 3.63) is 0 Å². The van der Waals surface area contributed by atoms with Gasteiger partial charge in [-0.3, -0.25) is 14.4 Å². The van der Waals surface area contributed by atoms with E-state index >= 15 is 0 Å². The molecule has 2 atom stereocenters. The molecule has 0 aliphatic carbocycles. The molecule has 0 bridgehead atoms. The summed E-state index contributed by atoms with van der Waals surface area (Å²) in [5.74, 6) is 0.250. The van der Waals surface area contributed by atoms with Gasteiger partial charge in [0.25, 0.3) is 0 Å². The van der Waals surface area contributed by atoms with Crippen molar-refractivity contribution in [1.82, 2.24) is 15.1 Å². The first kappa shape index (κ1) is 14.8. The summed E-state index contributed by atoms with van der Waals surface area (Å²) < 4.78 is 0. The molecule has 0 spiro atoms. The summed E-state index contributed by atoms with van der Waals surface area (Å²) in [6.07, 6.45) is 2.34. The predicted octanol–water partition coefficient (Wildman–Crippen LogP) is -0.161. The van der Waals surface area contributed by atoms with Crippen molar-refractivity contribution in [2.24, 2.45) is 11.8 Å². The number of likely N-dealkylation sites (tertiary alicyclic amines) is 2. The molecule has 2 heterocycles. The van der Waals surface area contributed by atoms with Gasteiger partial charge in [0.1, 0.15) is 0 Å². The van der Waals surface area contributed by atoms with Crippen molar-refractivity contribution in [1.29, 1.82) is 0 Å². The molecule has 1 N–H and O–H groups in total. The summed E-state index contributed by atoms with van der Waals surface area (Å²) in [6, 6.07) is 0. The van der Waals surface area contributed by atoms with Crippen LogP contribution >= 0.6 is 0 Å². The predicted molar refractivity (Wildman–Crippen MR) is 73.7 cm³/mol. The first-order valence-electron chi connectivity index (χ1n) is 7.24. The van der Waals surface area contributed by atoms with Gasteiger partial charge in [0.05, 0.1) is 5.92 Å². The first-order chi connectivity index (χ1) is 9.47. The Balaban J connectivity index is 1.87. The summed E-state index contributed by atoms with van der Waals surface area (Å²) in [5.41, 5.74) is 0. The fraction of sp³-hybridized carbons (Fsp3) is 0.786. The smallest absolute Gasteiger partial charge is 0.228 e. The minimum absolute atomic E-state index is 0.0311. The van der Waals surface area contributed by atoms with E-state index < -0.39 is 0 Å². The molecule has 2 aliphatic rings. The van der Waals surface area contributed by atoms with Crippen LogP contribution in [0, 0.1) is 11.8 Å². The van der Waals surface area contributed by atoms with Gasteiger partial charge in [-0.1, -0.05) is 0 Å². The van der Waals surface area contributed by atoms with E-state index in [0.29, 0.717) is 32.0 Å². The quantitative estimate of drug-likeness (QED) is 0.781. The second-order valence-electron chi connectivity index (χ2n) is 5.90. The van der Waals surface area contributed by atoms with E-state index in [4.69, 9.17) is 0 Å². The molecule has 2 saturated heterocycles. The molecule has 20 heavy (non-hydrogen) atoms. The van der Waals surface area contributed by atoms with Gasteiger partial charge >= 0.3 is 0 Å². The third-order valence-electron chi connectivity index (χ3n) is 4.16. The van der Waals surface area contributed by atoms with Gasteiger partial charge in [0, 0.05) is 46.6 Å². The Morgan fingerprint density at radius 1 is 1.35 bits per heavy atom. The molecule has 0 radical (unpaired) electrons. The van der Waals surface area contributed by atoms with Crippen LogP contribution in [0.3, 0.4) is 0 Å². The molecule has 3 amide bonds. The monoisotopic (exact) mass is 281 g/mol. The van der Waals surface area contributed by atoms with Crippen molar-refractivity contribution < 1.29 is 14.4 Å². The number of nitrogens with one attached hydrogen (secondary N) is 1. The van der Waals surface area contributed by atoms with Crippen LogP contribution in [-0.2, 0) is 14.4 Å². The highest BCUT2D eigenvalue weighted by atomic mass is 16.2. The molecule has 2 fully saturated rings. The van der Waals surface area contributed by atoms with Crippen molar-refractivity contribution in [2.45, 2.75) is 26.2 Å². The minimum atomic E-state index is -0.188. The summed E-state index contributed by atoms with van der Waals surface area (Å²) in [6.45, 7) is 4.12. The Kier molecular flexibility index (Phi) is 4.62. The van der Waals surface area contributed by atoms with Crippen LogP contribution in [0.1, 0.15) is 26.2 Å². The standard InChI is InChI=1S/C14H23N3O3/c1-10(18)15-7-11-4-3-5-17(8-11)14(20)12-6-13(19)16(2)9-12/h11-12H,3-9H2,1-2H3,(H,15,18). The maximum atomic E-state index is 12.4. The van der Waals surface area contributed by atoms with E-state index in [0.717, 1.165) is 19.4 Å². The van der Waals surface area contributed by atoms with Gasteiger partial charge < -0.3 is 15.1 Å². The topological polar surface area (TPSA) is 69.7 Å². The van der Waals surface area contributed by atoms with E-state index in [9.17, 15) is 14.4 Å². The zero-order valence-electron chi connectivity index (χ0n) is 12.2. The fourth-order valence-corrected chi connectivity index (χ4v) is 3.01. The van der Waals surface area contributed by atoms with Gasteiger partial charge in [-0.2, -0.15) is 0 Å². The number of hydrogen-bond donors (Lipinski definition) is 1. The van der Waals surface area contributed by atoms with Gasteiger partial charge in [0.2, 0.25) is 17.7 Å². The number of rotatable bonds is 3. The highest BCUT2D eigenvalue weighted by molar-refractivity contribution is 5.89. The van der Waals surface area contributed by atoms with Crippen molar-refractivity contribution in [3.63, 3.8) is 0 Å². The third kappa shape index (κ3) is 3.49. The molecule has 2 rings (SSSR count). The van der Waals surface area contributed by atoms with Gasteiger partial charge in [-0.15, -0.1) is 0 Å². The van der Waals surface area contributed by atoms with Crippen LogP contribution in [0.4, 0.5) is 0 Å². The molecule has 2 aliphatic heterocycles. The number of amides is 3. The fourth-order valence-electron chi connectivity index (χ4n) is 3.01. The Hall–Kier alpha value is -1.59. The maximum absolute atomic E-state index is 12.4. The van der Waals surface area contributed by atoms with Crippen molar-refractivity contribution in [3.8, 4) is 0 Å². The van der Waals surface area contributed by atoms with Crippen LogP contribution in [0.25, 0.3) is 0 Å². The van der Waals surface area contributed by atoms with Crippen LogP contribution in [0.5, 0.6) is 0 Å². The highest BCUT2D eigenvalue weighted by Crippen LogP contribution is 2.22. The number of piperidine rings is 1. The van der Waals surface area contributed by atoms with Crippen LogP contribution in [0.15, 0.2) is 0 Å². The second kappa shape index (κ2) is 6.24. The molecule has 0 aromatic carbocycles. The molecule has 6 heteroatoms. The number of carbonyl (C=O) groups is 3. The Labute approximate surface area is 119 Å². The molecule has 0 aromatic rings. The molecular formula is C14H23N3O3. The zero-order valence-corrected chi connectivity index (χ0v) is 12.2. The largest absolute Gasteiger partial charge is 0.356 e. The molecular weight excluding hydrogens is 258 g/mol. The van der Waals surface area contributed by atoms with E-state index in [1.165, 1.54) is 6.92 Å². The zero-order chi connectivity index (χ0) is 14.7. The Bertz CT molecular complexity index is 410. The first-order valence-corrected chi connectivity index (χ1v) is 7.24. The number of hydrogen-bond acceptors (Lipinski definition) is 3. The normalized spacial score (nSPS) is 26.8. The van der Waals surface area contributed by atoms with Crippen LogP contribution in [0.2, 0.25) is 0 Å². The lowest BCUT2D eigenvalue weighted by molar-refractivity contribution is -0.137. The van der Waals surface area contributed by atoms with Crippen LogP contribution < -0.4 is 5.32 Å². The van der Waals surface area contributed by atoms with Crippen molar-refractivity contribution >= 4 is 17.7 Å². The summed E-state index contributed by atoms with van der Waals surface area (Å²) in [5, 5.41) is 2.82. The molecule has 0 saturated carbocycles. The van der Waals surface area contributed by atoms with Crippen molar-refractivity contribution in [2.75, 3.05) is 33.2 Å². The SMILES string of the molecule is CC(=O)NCC1CCCN(C(=O)C2CC(=O)N(C)C2)C1. The summed E-state index contributed by atoms with van der Waals surface area (Å²) in [4.78, 5) is 38.4. The lowest BCUT2D eigenvalue weighted by atomic mass is 9.96. The van der Waals surface area contributed by atoms with E-state index in [1.807, 2.05) is 4.90 Å². The van der Waals surface area contributed by atoms with E-state index in [2.05, 4.69) is 5.32 Å². The lowest BCUT2D eigenvalue weighted by Crippen LogP contribution is -2.46. The maximum Gasteiger partial charge on any atom is 0.228 e. The van der Waals surface area contributed by atoms with E-state index in [1.54, 1.807) is 11.9 Å². The van der Waals surface area contributed by atoms with E-state index in [-0.39, 0.29) is 23.6 Å². The average molecular weight is 281 g/mol. The number of carbonyl (C=O) groups excluding carboxylic acids is 3. The van der Waals surface area contributed by atoms with Crippen LogP contribution in [-0.4, -0.2) is 60.7 Å². The minimum Gasteiger partial charge on any atom is -0.356 e. The number of nitrogens with zero attached hydrogens (tertiary/aromatic N) is 2. The van der Waals surface area contributed by atoms with Gasteiger partial charge in [0.15, 0.2) is 0 Å². The molecule has 112 valence electrons. The summed E-state index contributed by atoms with van der Waals surface area (Å²) in [7, 11) is 1.74. The average Bonchev–Trinajstić information content (AvgIpc) is 2.76.